The molecular weight excluding hydrogens is 204 g/mol. The van der Waals surface area contributed by atoms with Crippen LogP contribution in [-0.4, -0.2) is 0 Å². The summed E-state index contributed by atoms with van der Waals surface area (Å²) < 4.78 is 0.941. The van der Waals surface area contributed by atoms with Crippen molar-refractivity contribution >= 4 is 21.6 Å². The molecule has 0 saturated carbocycles. The number of benzene rings is 1. The quantitative estimate of drug-likeness (QED) is 0.723. The highest BCUT2D eigenvalue weighted by molar-refractivity contribution is 9.10. The van der Waals surface area contributed by atoms with Gasteiger partial charge in [-0.05, 0) is 17.7 Å². The normalized spacial score (nSPS) is 9.09. The molecule has 0 amide bonds. The fourth-order valence-corrected chi connectivity index (χ4v) is 1.19. The van der Waals surface area contributed by atoms with Crippen LogP contribution in [0.3, 0.4) is 0 Å². The molecule has 0 bridgehead atoms. The highest BCUT2D eigenvalue weighted by atomic mass is 79.9. The molecule has 0 aromatic heterocycles. The van der Waals surface area contributed by atoms with Crippen LogP contribution in [0.1, 0.15) is 5.56 Å². The van der Waals surface area contributed by atoms with Crippen LogP contribution in [0, 0.1) is 11.3 Å². The molecule has 3 heteroatoms. The number of hydrogen-bond acceptors (Lipinski definition) is 2. The molecule has 11 heavy (non-hydrogen) atoms. The van der Waals surface area contributed by atoms with Crippen LogP contribution < -0.4 is 5.73 Å². The second-order valence-corrected chi connectivity index (χ2v) is 3.09. The first-order chi connectivity index (χ1) is 5.24. The Labute approximate surface area is 73.8 Å². The van der Waals surface area contributed by atoms with Gasteiger partial charge in [0.05, 0.1) is 12.5 Å². The van der Waals surface area contributed by atoms with Crippen molar-refractivity contribution in [2.24, 2.45) is 0 Å². The molecule has 0 atom stereocenters. The zero-order valence-corrected chi connectivity index (χ0v) is 7.43. The van der Waals surface area contributed by atoms with Crippen LogP contribution in [0.25, 0.3) is 0 Å². The van der Waals surface area contributed by atoms with E-state index in [0.29, 0.717) is 12.1 Å². The fraction of sp³-hybridized carbons (Fsp3) is 0.125. The molecule has 56 valence electrons. The van der Waals surface area contributed by atoms with E-state index in [2.05, 4.69) is 15.9 Å². The summed E-state index contributed by atoms with van der Waals surface area (Å²) in [5.74, 6) is 0. The zero-order chi connectivity index (χ0) is 8.27. The van der Waals surface area contributed by atoms with Gasteiger partial charge in [-0.2, -0.15) is 5.26 Å². The highest BCUT2D eigenvalue weighted by Gasteiger charge is 1.97. The Morgan fingerprint density at radius 3 is 2.82 bits per heavy atom. The Morgan fingerprint density at radius 1 is 1.55 bits per heavy atom. The van der Waals surface area contributed by atoms with Crippen molar-refractivity contribution in [1.29, 1.82) is 5.26 Å². The Bertz CT molecular complexity index is 301. The van der Waals surface area contributed by atoms with Crippen molar-refractivity contribution in [2.45, 2.75) is 6.42 Å². The molecule has 0 aliphatic heterocycles. The first-order valence-electron chi connectivity index (χ1n) is 3.15. The van der Waals surface area contributed by atoms with Crippen molar-refractivity contribution in [3.05, 3.63) is 28.2 Å². The van der Waals surface area contributed by atoms with Gasteiger partial charge in [0.25, 0.3) is 0 Å². The van der Waals surface area contributed by atoms with Crippen LogP contribution >= 0.6 is 15.9 Å². The first kappa shape index (κ1) is 8.09. The maximum Gasteiger partial charge on any atom is 0.0670 e. The monoisotopic (exact) mass is 210 g/mol. The van der Waals surface area contributed by atoms with Crippen molar-refractivity contribution in [3.8, 4) is 6.07 Å². The summed E-state index contributed by atoms with van der Waals surface area (Å²) in [6.07, 6.45) is 0.374. The summed E-state index contributed by atoms with van der Waals surface area (Å²) in [4.78, 5) is 0. The van der Waals surface area contributed by atoms with Crippen LogP contribution in [0.15, 0.2) is 22.7 Å². The molecule has 0 spiro atoms. The Morgan fingerprint density at radius 2 is 2.27 bits per heavy atom. The van der Waals surface area contributed by atoms with Gasteiger partial charge in [-0.15, -0.1) is 0 Å². The van der Waals surface area contributed by atoms with Gasteiger partial charge in [0, 0.05) is 10.2 Å². The van der Waals surface area contributed by atoms with E-state index in [-0.39, 0.29) is 0 Å². The molecule has 1 aromatic rings. The van der Waals surface area contributed by atoms with Gasteiger partial charge >= 0.3 is 0 Å². The minimum Gasteiger partial charge on any atom is -0.398 e. The smallest absolute Gasteiger partial charge is 0.0670 e. The first-order valence-corrected chi connectivity index (χ1v) is 3.94. The topological polar surface area (TPSA) is 49.8 Å². The molecule has 2 nitrogen and oxygen atoms in total. The second-order valence-electron chi connectivity index (χ2n) is 2.18. The summed E-state index contributed by atoms with van der Waals surface area (Å²) in [5.41, 5.74) is 7.18. The van der Waals surface area contributed by atoms with Gasteiger partial charge < -0.3 is 5.73 Å². The Kier molecular flexibility index (Phi) is 2.50. The number of nitrogens with two attached hydrogens (primary N) is 1. The maximum absolute atomic E-state index is 8.40. The summed E-state index contributed by atoms with van der Waals surface area (Å²) >= 11 is 3.28. The van der Waals surface area contributed by atoms with Crippen LogP contribution in [0.4, 0.5) is 5.69 Å². The molecular formula is C8H7BrN2. The molecule has 0 heterocycles. The lowest BCUT2D eigenvalue weighted by Gasteiger charge is -2.00. The predicted octanol–water partition coefficient (Wildman–Crippen LogP) is 2.10. The summed E-state index contributed by atoms with van der Waals surface area (Å²) in [6.45, 7) is 0. The average molecular weight is 211 g/mol. The number of nitrogen functional groups attached to an aromatic ring is 1. The SMILES string of the molecule is N#CCc1ccc(Br)cc1N. The zero-order valence-electron chi connectivity index (χ0n) is 5.84. The van der Waals surface area contributed by atoms with E-state index >= 15 is 0 Å². The lowest BCUT2D eigenvalue weighted by molar-refractivity contribution is 1.26. The minimum absolute atomic E-state index is 0.374. The number of hydrogen-bond donors (Lipinski definition) is 1. The van der Waals surface area contributed by atoms with Gasteiger partial charge in [0.15, 0.2) is 0 Å². The van der Waals surface area contributed by atoms with E-state index in [1.807, 2.05) is 18.2 Å². The van der Waals surface area contributed by atoms with Gasteiger partial charge in [-0.3, -0.25) is 0 Å². The molecule has 0 saturated heterocycles. The molecule has 0 aliphatic rings. The van der Waals surface area contributed by atoms with E-state index < -0.39 is 0 Å². The third-order valence-electron chi connectivity index (χ3n) is 1.38. The number of halogens is 1. The molecule has 0 aliphatic carbocycles. The molecule has 1 aromatic carbocycles. The summed E-state index contributed by atoms with van der Waals surface area (Å²) in [7, 11) is 0. The Hall–Kier alpha value is -1.01. The summed E-state index contributed by atoms with van der Waals surface area (Å²) in [6, 6.07) is 7.58. The van der Waals surface area contributed by atoms with Crippen molar-refractivity contribution < 1.29 is 0 Å². The molecule has 0 radical (unpaired) electrons. The van der Waals surface area contributed by atoms with Crippen molar-refractivity contribution in [2.75, 3.05) is 5.73 Å². The van der Waals surface area contributed by atoms with Crippen LogP contribution in [-0.2, 0) is 6.42 Å². The summed E-state index contributed by atoms with van der Waals surface area (Å²) in [5, 5.41) is 8.40. The number of anilines is 1. The maximum atomic E-state index is 8.40. The molecule has 1 rings (SSSR count). The average Bonchev–Trinajstić information content (AvgIpc) is 1.95. The third-order valence-corrected chi connectivity index (χ3v) is 1.87. The lowest BCUT2D eigenvalue weighted by Crippen LogP contribution is -1.92. The molecule has 0 unspecified atom stereocenters. The van der Waals surface area contributed by atoms with E-state index in [0.717, 1.165) is 10.0 Å². The number of nitrogens with zero attached hydrogens (tertiary/aromatic N) is 1. The predicted molar refractivity (Wildman–Crippen MR) is 47.9 cm³/mol. The molecule has 0 fully saturated rings. The van der Waals surface area contributed by atoms with Gasteiger partial charge in [0.1, 0.15) is 0 Å². The van der Waals surface area contributed by atoms with Crippen molar-refractivity contribution in [1.82, 2.24) is 0 Å². The van der Waals surface area contributed by atoms with Gasteiger partial charge in [0.2, 0.25) is 0 Å². The third kappa shape index (κ3) is 1.95. The lowest BCUT2D eigenvalue weighted by atomic mass is 10.1. The second kappa shape index (κ2) is 3.40. The van der Waals surface area contributed by atoms with E-state index in [4.69, 9.17) is 11.0 Å². The van der Waals surface area contributed by atoms with E-state index in [1.54, 1.807) is 6.07 Å². The standard InChI is InChI=1S/C8H7BrN2/c9-7-2-1-6(3-4-10)8(11)5-7/h1-2,5H,3,11H2. The van der Waals surface area contributed by atoms with Crippen molar-refractivity contribution in [3.63, 3.8) is 0 Å². The van der Waals surface area contributed by atoms with E-state index in [1.165, 1.54) is 0 Å². The minimum atomic E-state index is 0.374. The fourth-order valence-electron chi connectivity index (χ4n) is 0.812. The van der Waals surface area contributed by atoms with Crippen LogP contribution in [0.2, 0.25) is 0 Å². The molecule has 2 N–H and O–H groups in total. The van der Waals surface area contributed by atoms with E-state index in [9.17, 15) is 0 Å². The highest BCUT2D eigenvalue weighted by Crippen LogP contribution is 2.18. The van der Waals surface area contributed by atoms with Gasteiger partial charge in [-0.1, -0.05) is 22.0 Å². The largest absolute Gasteiger partial charge is 0.398 e. The number of rotatable bonds is 1. The van der Waals surface area contributed by atoms with Gasteiger partial charge in [-0.25, -0.2) is 0 Å². The number of nitriles is 1. The van der Waals surface area contributed by atoms with Crippen LogP contribution in [0.5, 0.6) is 0 Å². The Balaban J connectivity index is 3.01.